The van der Waals surface area contributed by atoms with E-state index < -0.39 is 0 Å². The summed E-state index contributed by atoms with van der Waals surface area (Å²) >= 11 is 0. The van der Waals surface area contributed by atoms with Crippen molar-refractivity contribution in [1.29, 1.82) is 0 Å². The first-order chi connectivity index (χ1) is 13.6. The number of aromatic nitrogens is 5. The third kappa shape index (κ3) is 2.66. The number of amides is 1. The minimum absolute atomic E-state index is 0.0350. The third-order valence-electron chi connectivity index (χ3n) is 5.21. The van der Waals surface area contributed by atoms with Crippen LogP contribution in [0.1, 0.15) is 17.2 Å². The summed E-state index contributed by atoms with van der Waals surface area (Å²) < 4.78 is 14.6. The number of methoxy groups -OCH3 is 1. The smallest absolute Gasteiger partial charge is 0.249 e. The van der Waals surface area contributed by atoms with Crippen LogP contribution in [0.25, 0.3) is 17.1 Å². The number of fused-ring (bicyclic) bond motifs is 5. The fourth-order valence-electron chi connectivity index (χ4n) is 3.69. The van der Waals surface area contributed by atoms with Crippen molar-refractivity contribution in [1.82, 2.24) is 29.2 Å². The molecule has 2 aliphatic rings. The number of morpholine rings is 1. The molecule has 4 heterocycles. The average Bonchev–Trinajstić information content (AvgIpc) is 3.24. The molecule has 1 saturated heterocycles. The van der Waals surface area contributed by atoms with Crippen molar-refractivity contribution in [3.8, 4) is 22.8 Å². The Balaban J connectivity index is 1.61. The molecule has 0 radical (unpaired) electrons. The van der Waals surface area contributed by atoms with Gasteiger partial charge in [-0.05, 0) is 25.1 Å². The van der Waals surface area contributed by atoms with E-state index in [-0.39, 0.29) is 12.5 Å². The largest absolute Gasteiger partial charge is 0.497 e. The summed E-state index contributed by atoms with van der Waals surface area (Å²) in [5.74, 6) is 2.09. The molecule has 5 rings (SSSR count). The standard InChI is InChI=1S/C19H20N6O3/c1-12-16-8-25-19(21-17(22-25)9-23-5-6-28-10-18(23)26)14-7-13(27-2)3-4-15(14)24(16)11-20-12/h3-4,7,11H,5-6,8-10H2,1-2H3. The first-order valence-corrected chi connectivity index (χ1v) is 9.15. The second-order valence-corrected chi connectivity index (χ2v) is 6.91. The van der Waals surface area contributed by atoms with Crippen LogP contribution in [-0.4, -0.2) is 62.0 Å². The van der Waals surface area contributed by atoms with Gasteiger partial charge in [-0.1, -0.05) is 0 Å². The Morgan fingerprint density at radius 2 is 2.21 bits per heavy atom. The normalized spacial score (nSPS) is 15.6. The van der Waals surface area contributed by atoms with Gasteiger partial charge < -0.3 is 18.9 Å². The van der Waals surface area contributed by atoms with E-state index in [1.807, 2.05) is 36.1 Å². The van der Waals surface area contributed by atoms with Crippen LogP contribution in [0, 0.1) is 6.92 Å². The molecule has 0 N–H and O–H groups in total. The van der Waals surface area contributed by atoms with E-state index in [2.05, 4.69) is 9.55 Å². The van der Waals surface area contributed by atoms with Crippen molar-refractivity contribution in [3.05, 3.63) is 41.7 Å². The highest BCUT2D eigenvalue weighted by atomic mass is 16.5. The topological polar surface area (TPSA) is 87.3 Å². The summed E-state index contributed by atoms with van der Waals surface area (Å²) in [5.41, 5.74) is 3.91. The molecular weight excluding hydrogens is 360 g/mol. The molecule has 0 atom stereocenters. The van der Waals surface area contributed by atoms with Crippen molar-refractivity contribution in [2.45, 2.75) is 20.0 Å². The van der Waals surface area contributed by atoms with E-state index in [0.29, 0.717) is 32.1 Å². The zero-order valence-corrected chi connectivity index (χ0v) is 15.8. The minimum Gasteiger partial charge on any atom is -0.497 e. The molecule has 9 nitrogen and oxygen atoms in total. The lowest BCUT2D eigenvalue weighted by molar-refractivity contribution is -0.143. The van der Waals surface area contributed by atoms with Gasteiger partial charge >= 0.3 is 0 Å². The zero-order chi connectivity index (χ0) is 19.3. The Hall–Kier alpha value is -3.20. The van der Waals surface area contributed by atoms with Gasteiger partial charge in [-0.15, -0.1) is 0 Å². The fourth-order valence-corrected chi connectivity index (χ4v) is 3.69. The molecule has 1 fully saturated rings. The number of imidazole rings is 1. The first-order valence-electron chi connectivity index (χ1n) is 9.15. The Morgan fingerprint density at radius 1 is 1.32 bits per heavy atom. The molecule has 0 spiro atoms. The number of nitrogens with zero attached hydrogens (tertiary/aromatic N) is 6. The van der Waals surface area contributed by atoms with Gasteiger partial charge in [0.25, 0.3) is 0 Å². The summed E-state index contributed by atoms with van der Waals surface area (Å²) in [4.78, 5) is 23.0. The predicted octanol–water partition coefficient (Wildman–Crippen LogP) is 1.17. The highest BCUT2D eigenvalue weighted by molar-refractivity contribution is 5.78. The second kappa shape index (κ2) is 6.45. The highest BCUT2D eigenvalue weighted by Gasteiger charge is 2.26. The molecule has 144 valence electrons. The van der Waals surface area contributed by atoms with Crippen molar-refractivity contribution < 1.29 is 14.3 Å². The quantitative estimate of drug-likeness (QED) is 0.530. The number of hydrogen-bond donors (Lipinski definition) is 0. The van der Waals surface area contributed by atoms with Gasteiger partial charge in [0.05, 0.1) is 50.2 Å². The van der Waals surface area contributed by atoms with Gasteiger partial charge in [0, 0.05) is 12.1 Å². The molecule has 1 aromatic carbocycles. The maximum Gasteiger partial charge on any atom is 0.249 e. The molecule has 0 saturated carbocycles. The van der Waals surface area contributed by atoms with Gasteiger partial charge in [-0.25, -0.2) is 14.6 Å². The summed E-state index contributed by atoms with van der Waals surface area (Å²) in [6.45, 7) is 4.13. The van der Waals surface area contributed by atoms with Crippen molar-refractivity contribution in [2.24, 2.45) is 0 Å². The Bertz CT molecular complexity index is 1070. The van der Waals surface area contributed by atoms with Crippen LogP contribution in [-0.2, 0) is 22.6 Å². The number of carbonyl (C=O) groups excluding carboxylic acids is 1. The Kier molecular flexibility index (Phi) is 3.90. The number of ether oxygens (including phenoxy) is 2. The van der Waals surface area contributed by atoms with Crippen LogP contribution in [0.5, 0.6) is 5.75 Å². The van der Waals surface area contributed by atoms with E-state index in [1.54, 1.807) is 12.0 Å². The maximum absolute atomic E-state index is 12.1. The van der Waals surface area contributed by atoms with Gasteiger partial charge in [-0.2, -0.15) is 5.10 Å². The van der Waals surface area contributed by atoms with Crippen LogP contribution >= 0.6 is 0 Å². The number of aryl methyl sites for hydroxylation is 1. The lowest BCUT2D eigenvalue weighted by atomic mass is 10.1. The minimum atomic E-state index is -0.0350. The first kappa shape index (κ1) is 16.9. The summed E-state index contributed by atoms with van der Waals surface area (Å²) in [7, 11) is 1.64. The molecule has 1 amide bonds. The van der Waals surface area contributed by atoms with E-state index in [0.717, 1.165) is 34.2 Å². The SMILES string of the molecule is COc1ccc2c(c1)-c1nc(CN3CCOCC3=O)nn1Cc1c(C)ncn1-2. The molecule has 0 bridgehead atoms. The Morgan fingerprint density at radius 3 is 3.04 bits per heavy atom. The zero-order valence-electron chi connectivity index (χ0n) is 15.8. The van der Waals surface area contributed by atoms with Crippen LogP contribution in [0.15, 0.2) is 24.5 Å². The van der Waals surface area contributed by atoms with E-state index in [4.69, 9.17) is 19.6 Å². The van der Waals surface area contributed by atoms with E-state index in [9.17, 15) is 4.79 Å². The summed E-state index contributed by atoms with van der Waals surface area (Å²) in [5, 5.41) is 4.70. The van der Waals surface area contributed by atoms with Gasteiger partial charge in [0.15, 0.2) is 11.6 Å². The number of carbonyl (C=O) groups is 1. The number of rotatable bonds is 3. The van der Waals surface area contributed by atoms with Crippen LogP contribution in [0.2, 0.25) is 0 Å². The fraction of sp³-hybridized carbons (Fsp3) is 0.368. The van der Waals surface area contributed by atoms with Crippen LogP contribution in [0.3, 0.4) is 0 Å². The van der Waals surface area contributed by atoms with Crippen LogP contribution < -0.4 is 4.74 Å². The van der Waals surface area contributed by atoms with E-state index in [1.165, 1.54) is 0 Å². The molecular formula is C19H20N6O3. The molecule has 28 heavy (non-hydrogen) atoms. The predicted molar refractivity (Wildman–Crippen MR) is 99.2 cm³/mol. The lowest BCUT2D eigenvalue weighted by Gasteiger charge is -2.25. The van der Waals surface area contributed by atoms with Crippen molar-refractivity contribution >= 4 is 5.91 Å². The van der Waals surface area contributed by atoms with Crippen molar-refractivity contribution in [3.63, 3.8) is 0 Å². The molecule has 2 aliphatic heterocycles. The summed E-state index contributed by atoms with van der Waals surface area (Å²) in [6, 6.07) is 5.90. The van der Waals surface area contributed by atoms with Gasteiger partial charge in [0.1, 0.15) is 12.4 Å². The van der Waals surface area contributed by atoms with Crippen molar-refractivity contribution in [2.75, 3.05) is 26.9 Å². The third-order valence-corrected chi connectivity index (χ3v) is 5.21. The molecule has 2 aromatic heterocycles. The molecule has 0 unspecified atom stereocenters. The van der Waals surface area contributed by atoms with Gasteiger partial charge in [-0.3, -0.25) is 4.79 Å². The maximum atomic E-state index is 12.1. The number of hydrogen-bond acceptors (Lipinski definition) is 6. The average molecular weight is 380 g/mol. The summed E-state index contributed by atoms with van der Waals surface area (Å²) in [6.07, 6.45) is 1.83. The molecule has 0 aliphatic carbocycles. The highest BCUT2D eigenvalue weighted by Crippen LogP contribution is 2.34. The van der Waals surface area contributed by atoms with E-state index >= 15 is 0 Å². The monoisotopic (exact) mass is 380 g/mol. The Labute approximate surface area is 161 Å². The number of benzene rings is 1. The van der Waals surface area contributed by atoms with Crippen LogP contribution in [0.4, 0.5) is 0 Å². The van der Waals surface area contributed by atoms with Gasteiger partial charge in [0.2, 0.25) is 5.91 Å². The molecule has 3 aromatic rings. The second-order valence-electron chi connectivity index (χ2n) is 6.91. The molecule has 9 heteroatoms. The lowest BCUT2D eigenvalue weighted by Crippen LogP contribution is -2.41.